The van der Waals surface area contributed by atoms with Crippen LogP contribution in [0.3, 0.4) is 0 Å². The lowest BCUT2D eigenvalue weighted by Crippen LogP contribution is -1.96. The molecule has 0 aliphatic carbocycles. The third-order valence-corrected chi connectivity index (χ3v) is 5.78. The molecule has 0 aromatic heterocycles. The molecule has 0 fully saturated rings. The van der Waals surface area contributed by atoms with Gasteiger partial charge in [-0.15, -0.1) is 0 Å². The smallest absolute Gasteiger partial charge is 0.0381 e. The van der Waals surface area contributed by atoms with Crippen LogP contribution < -0.4 is 5.32 Å². The lowest BCUT2D eigenvalue weighted by Gasteiger charge is -2.16. The van der Waals surface area contributed by atoms with Gasteiger partial charge in [-0.05, 0) is 86.1 Å². The van der Waals surface area contributed by atoms with Gasteiger partial charge in [0.05, 0.1) is 0 Å². The molecule has 0 radical (unpaired) electrons. The summed E-state index contributed by atoms with van der Waals surface area (Å²) in [6, 6.07) is 27.5. The van der Waals surface area contributed by atoms with Crippen molar-refractivity contribution < 1.29 is 0 Å². The van der Waals surface area contributed by atoms with Crippen LogP contribution in [0.4, 0.5) is 5.69 Å². The first-order valence-electron chi connectivity index (χ1n) is 11.9. The van der Waals surface area contributed by atoms with Gasteiger partial charge in [0.15, 0.2) is 0 Å². The van der Waals surface area contributed by atoms with Crippen LogP contribution >= 0.6 is 0 Å². The Hall–Kier alpha value is -3.58. The molecule has 176 valence electrons. The molecule has 0 bridgehead atoms. The first kappa shape index (κ1) is 26.7. The number of hydrogen-bond donors (Lipinski definition) is 1. The number of hydrogen-bond acceptors (Lipinski definition) is 1. The normalized spacial score (nSPS) is 11.0. The molecule has 0 amide bonds. The van der Waals surface area contributed by atoms with Crippen LogP contribution in [0.5, 0.6) is 0 Å². The molecule has 0 aliphatic rings. The summed E-state index contributed by atoms with van der Waals surface area (Å²) in [4.78, 5) is 0. The molecule has 1 nitrogen and oxygen atoms in total. The van der Waals surface area contributed by atoms with E-state index in [0.717, 1.165) is 35.4 Å². The fourth-order valence-corrected chi connectivity index (χ4v) is 3.52. The summed E-state index contributed by atoms with van der Waals surface area (Å²) < 4.78 is 0. The van der Waals surface area contributed by atoms with Crippen molar-refractivity contribution in [3.8, 4) is 0 Å². The molecule has 0 unspecified atom stereocenters. The van der Waals surface area contributed by atoms with Crippen molar-refractivity contribution >= 4 is 16.8 Å². The van der Waals surface area contributed by atoms with Gasteiger partial charge in [-0.1, -0.05) is 105 Å². The van der Waals surface area contributed by atoms with E-state index < -0.39 is 0 Å². The lowest BCUT2D eigenvalue weighted by molar-refractivity contribution is 1.14. The van der Waals surface area contributed by atoms with Gasteiger partial charge in [0.1, 0.15) is 0 Å². The Morgan fingerprint density at radius 3 is 1.82 bits per heavy atom. The number of rotatable bonds is 8. The molecule has 3 aromatic rings. The molecule has 0 heterocycles. The number of benzene rings is 3. The largest absolute Gasteiger partial charge is 0.360 e. The fraction of sp³-hybridized carbons (Fsp3) is 0.212. The van der Waals surface area contributed by atoms with Crippen molar-refractivity contribution in [3.05, 3.63) is 138 Å². The van der Waals surface area contributed by atoms with Gasteiger partial charge in [-0.3, -0.25) is 0 Å². The van der Waals surface area contributed by atoms with Crippen molar-refractivity contribution in [1.29, 1.82) is 0 Å². The number of anilines is 1. The van der Waals surface area contributed by atoms with Crippen molar-refractivity contribution in [2.75, 3.05) is 5.32 Å². The zero-order valence-corrected chi connectivity index (χ0v) is 21.5. The fourth-order valence-electron chi connectivity index (χ4n) is 3.52. The Morgan fingerprint density at radius 1 is 0.735 bits per heavy atom. The molecule has 0 aliphatic heterocycles. The first-order chi connectivity index (χ1) is 16.2. The summed E-state index contributed by atoms with van der Waals surface area (Å²) in [6.45, 7) is 22.7. The van der Waals surface area contributed by atoms with Gasteiger partial charge in [-0.25, -0.2) is 0 Å². The highest BCUT2D eigenvalue weighted by Crippen LogP contribution is 2.32. The minimum Gasteiger partial charge on any atom is -0.360 e. The van der Waals surface area contributed by atoms with E-state index >= 15 is 0 Å². The molecule has 0 spiro atoms. The Morgan fingerprint density at radius 2 is 1.32 bits per heavy atom. The number of aryl methyl sites for hydroxylation is 2. The molecule has 1 N–H and O–H groups in total. The van der Waals surface area contributed by atoms with Crippen molar-refractivity contribution in [3.63, 3.8) is 0 Å². The van der Waals surface area contributed by atoms with Gasteiger partial charge in [0.2, 0.25) is 0 Å². The van der Waals surface area contributed by atoms with E-state index in [2.05, 4.69) is 113 Å². The van der Waals surface area contributed by atoms with Crippen LogP contribution in [0.2, 0.25) is 0 Å². The minimum atomic E-state index is 0.802. The molecule has 0 saturated heterocycles. The predicted octanol–water partition coefficient (Wildman–Crippen LogP) is 9.64. The van der Waals surface area contributed by atoms with Crippen LogP contribution in [-0.4, -0.2) is 0 Å². The Kier molecular flexibility index (Phi) is 10.4. The van der Waals surface area contributed by atoms with Gasteiger partial charge in [0.25, 0.3) is 0 Å². The molecular formula is C33H39N. The molecule has 1 heteroatoms. The number of allylic oxidation sites excluding steroid dienone is 5. The SMILES string of the molecule is C=C(C)Nc1ccc(/C(CC(=C)c2ccccc2)=C(/C)C(=C)C)cc1.CCc1ccc(C)cc1. The second kappa shape index (κ2) is 13.2. The topological polar surface area (TPSA) is 12.0 Å². The maximum Gasteiger partial charge on any atom is 0.0381 e. The molecule has 3 rings (SSSR count). The van der Waals surface area contributed by atoms with Gasteiger partial charge < -0.3 is 5.32 Å². The maximum absolute atomic E-state index is 4.30. The van der Waals surface area contributed by atoms with E-state index in [1.165, 1.54) is 33.4 Å². The Bertz CT molecular complexity index is 1130. The standard InChI is InChI=1S/C24H27N.C9H12/c1-17(2)20(6)24(16-19(5)21-10-8-7-9-11-21)22-12-14-23(15-13-22)25-18(3)4;1-3-9-6-4-8(2)5-7-9/h7-15,25H,1,3,5,16H2,2,4,6H3;4-7H,3H2,1-2H3/b24-20-;. The monoisotopic (exact) mass is 449 g/mol. The lowest BCUT2D eigenvalue weighted by atomic mass is 9.89. The van der Waals surface area contributed by atoms with E-state index in [1.807, 2.05) is 25.1 Å². The maximum atomic E-state index is 4.30. The van der Waals surface area contributed by atoms with Crippen molar-refractivity contribution in [2.45, 2.75) is 47.5 Å². The average Bonchev–Trinajstić information content (AvgIpc) is 2.83. The van der Waals surface area contributed by atoms with E-state index in [0.29, 0.717) is 0 Å². The van der Waals surface area contributed by atoms with Crippen LogP contribution in [0.25, 0.3) is 11.1 Å². The Balaban J connectivity index is 0.000000379. The predicted molar refractivity (Wildman–Crippen MR) is 153 cm³/mol. The Labute approximate surface area is 207 Å². The summed E-state index contributed by atoms with van der Waals surface area (Å²) in [5, 5.41) is 3.24. The van der Waals surface area contributed by atoms with Crippen LogP contribution in [-0.2, 0) is 6.42 Å². The highest BCUT2D eigenvalue weighted by Gasteiger charge is 2.10. The molecule has 0 atom stereocenters. The third-order valence-electron chi connectivity index (χ3n) is 5.78. The van der Waals surface area contributed by atoms with E-state index in [4.69, 9.17) is 0 Å². The second-order valence-corrected chi connectivity index (χ2v) is 8.85. The summed E-state index contributed by atoms with van der Waals surface area (Å²) in [6.07, 6.45) is 1.94. The number of nitrogens with one attached hydrogen (secondary N) is 1. The quantitative estimate of drug-likeness (QED) is 0.337. The van der Waals surface area contributed by atoms with Crippen LogP contribution in [0.15, 0.2) is 115 Å². The molecular weight excluding hydrogens is 410 g/mol. The summed E-state index contributed by atoms with van der Waals surface area (Å²) in [5.41, 5.74) is 11.8. The van der Waals surface area contributed by atoms with E-state index in [-0.39, 0.29) is 0 Å². The highest BCUT2D eigenvalue weighted by atomic mass is 14.9. The molecule has 34 heavy (non-hydrogen) atoms. The summed E-state index contributed by atoms with van der Waals surface area (Å²) >= 11 is 0. The first-order valence-corrected chi connectivity index (χ1v) is 11.9. The van der Waals surface area contributed by atoms with Crippen LogP contribution in [0.1, 0.15) is 56.4 Å². The molecule has 0 saturated carbocycles. The minimum absolute atomic E-state index is 0.802. The van der Waals surface area contributed by atoms with Gasteiger partial charge in [0, 0.05) is 11.4 Å². The third kappa shape index (κ3) is 8.41. The summed E-state index contributed by atoms with van der Waals surface area (Å²) in [5.74, 6) is 0. The molecule has 3 aromatic carbocycles. The van der Waals surface area contributed by atoms with Crippen LogP contribution in [0, 0.1) is 6.92 Å². The van der Waals surface area contributed by atoms with Crippen molar-refractivity contribution in [1.82, 2.24) is 0 Å². The zero-order chi connectivity index (χ0) is 25.1. The van der Waals surface area contributed by atoms with Crippen molar-refractivity contribution in [2.24, 2.45) is 0 Å². The zero-order valence-electron chi connectivity index (χ0n) is 21.5. The summed E-state index contributed by atoms with van der Waals surface area (Å²) in [7, 11) is 0. The van der Waals surface area contributed by atoms with Gasteiger partial charge >= 0.3 is 0 Å². The highest BCUT2D eigenvalue weighted by molar-refractivity contribution is 5.82. The van der Waals surface area contributed by atoms with Gasteiger partial charge in [-0.2, -0.15) is 0 Å². The average molecular weight is 450 g/mol. The van der Waals surface area contributed by atoms with E-state index in [9.17, 15) is 0 Å². The second-order valence-electron chi connectivity index (χ2n) is 8.85. The van der Waals surface area contributed by atoms with E-state index in [1.54, 1.807) is 0 Å².